The van der Waals surface area contributed by atoms with E-state index >= 15 is 0 Å². The van der Waals surface area contributed by atoms with Crippen LogP contribution in [-0.4, -0.2) is 4.98 Å². The fraction of sp³-hybridized carbons (Fsp3) is 0.0526. The molecule has 130 valence electrons. The summed E-state index contributed by atoms with van der Waals surface area (Å²) >= 11 is 15.6. The van der Waals surface area contributed by atoms with Crippen LogP contribution in [0, 0.1) is 24.1 Å². The van der Waals surface area contributed by atoms with E-state index in [9.17, 15) is 9.65 Å². The van der Waals surface area contributed by atoms with E-state index in [0.717, 1.165) is 0 Å². The average molecular weight is 451 g/mol. The number of pyridine rings is 1. The Morgan fingerprint density at radius 1 is 1.15 bits per heavy atom. The van der Waals surface area contributed by atoms with Crippen LogP contribution in [0.15, 0.2) is 40.9 Å². The third-order valence-electron chi connectivity index (χ3n) is 3.96. The SMILES string of the molecule is Cc1c(-c2ccc(Cl)cc2Cl)nc(N)c(C#N)c1-c1cc(Br)ccc1F. The van der Waals surface area contributed by atoms with Crippen molar-refractivity contribution < 1.29 is 4.39 Å². The Kier molecular flexibility index (Phi) is 5.19. The molecule has 0 aliphatic carbocycles. The molecule has 0 unspecified atom stereocenters. The van der Waals surface area contributed by atoms with Crippen LogP contribution in [0.5, 0.6) is 0 Å². The van der Waals surface area contributed by atoms with E-state index in [4.69, 9.17) is 28.9 Å². The van der Waals surface area contributed by atoms with Gasteiger partial charge in [-0.2, -0.15) is 5.26 Å². The molecule has 3 rings (SSSR count). The quantitative estimate of drug-likeness (QED) is 0.492. The zero-order valence-corrected chi connectivity index (χ0v) is 16.5. The van der Waals surface area contributed by atoms with E-state index in [0.29, 0.717) is 36.9 Å². The van der Waals surface area contributed by atoms with E-state index in [1.54, 1.807) is 37.3 Å². The van der Waals surface area contributed by atoms with Gasteiger partial charge >= 0.3 is 0 Å². The third-order valence-corrected chi connectivity index (χ3v) is 5.01. The molecule has 0 saturated heterocycles. The van der Waals surface area contributed by atoms with E-state index in [2.05, 4.69) is 20.9 Å². The highest BCUT2D eigenvalue weighted by Gasteiger charge is 2.21. The van der Waals surface area contributed by atoms with Gasteiger partial charge in [-0.3, -0.25) is 0 Å². The summed E-state index contributed by atoms with van der Waals surface area (Å²) in [6.07, 6.45) is 0. The first-order valence-corrected chi connectivity index (χ1v) is 8.99. The first-order chi connectivity index (χ1) is 12.3. The molecular weight excluding hydrogens is 440 g/mol. The lowest BCUT2D eigenvalue weighted by Gasteiger charge is -2.16. The van der Waals surface area contributed by atoms with Crippen molar-refractivity contribution in [3.8, 4) is 28.5 Å². The molecular formula is C19H11BrCl2FN3. The summed E-state index contributed by atoms with van der Waals surface area (Å²) in [5, 5.41) is 10.4. The topological polar surface area (TPSA) is 62.7 Å². The van der Waals surface area contributed by atoms with Crippen LogP contribution in [0.2, 0.25) is 10.0 Å². The number of hydrogen-bond acceptors (Lipinski definition) is 3. The zero-order chi connectivity index (χ0) is 19.0. The normalized spacial score (nSPS) is 10.6. The first kappa shape index (κ1) is 18.7. The molecule has 7 heteroatoms. The van der Waals surface area contributed by atoms with Gasteiger partial charge in [0.25, 0.3) is 0 Å². The van der Waals surface area contributed by atoms with Crippen molar-refractivity contribution in [3.05, 3.63) is 67.9 Å². The maximum Gasteiger partial charge on any atom is 0.142 e. The van der Waals surface area contributed by atoms with Crippen LogP contribution in [-0.2, 0) is 0 Å². The lowest BCUT2D eigenvalue weighted by molar-refractivity contribution is 0.631. The van der Waals surface area contributed by atoms with Gasteiger partial charge in [-0.25, -0.2) is 9.37 Å². The Morgan fingerprint density at radius 2 is 1.88 bits per heavy atom. The summed E-state index contributed by atoms with van der Waals surface area (Å²) < 4.78 is 15.2. The van der Waals surface area contributed by atoms with Crippen molar-refractivity contribution in [1.82, 2.24) is 4.98 Å². The molecule has 3 nitrogen and oxygen atoms in total. The number of nitrogens with zero attached hydrogens (tertiary/aromatic N) is 2. The summed E-state index contributed by atoms with van der Waals surface area (Å²) in [5.74, 6) is -0.458. The van der Waals surface area contributed by atoms with Gasteiger partial charge in [-0.15, -0.1) is 0 Å². The fourth-order valence-electron chi connectivity index (χ4n) is 2.78. The van der Waals surface area contributed by atoms with E-state index in [1.165, 1.54) is 6.07 Å². The Balaban J connectivity index is 2.40. The van der Waals surface area contributed by atoms with Gasteiger partial charge in [0.2, 0.25) is 0 Å². The van der Waals surface area contributed by atoms with E-state index in [1.807, 2.05) is 6.07 Å². The van der Waals surface area contributed by atoms with Gasteiger partial charge in [0, 0.05) is 26.2 Å². The molecule has 0 fully saturated rings. The zero-order valence-electron chi connectivity index (χ0n) is 13.4. The summed E-state index contributed by atoms with van der Waals surface area (Å²) in [6, 6.07) is 11.5. The van der Waals surface area contributed by atoms with Crippen molar-refractivity contribution in [2.24, 2.45) is 0 Å². The molecule has 0 bridgehead atoms. The van der Waals surface area contributed by atoms with Gasteiger partial charge in [-0.05, 0) is 48.9 Å². The number of hydrogen-bond donors (Lipinski definition) is 1. The van der Waals surface area contributed by atoms with E-state index < -0.39 is 5.82 Å². The Hall–Kier alpha value is -2.13. The van der Waals surface area contributed by atoms with Crippen molar-refractivity contribution in [1.29, 1.82) is 5.26 Å². The number of anilines is 1. The molecule has 1 heterocycles. The molecule has 0 atom stereocenters. The molecule has 0 aliphatic heterocycles. The number of nitrogen functional groups attached to an aromatic ring is 1. The lowest BCUT2D eigenvalue weighted by Crippen LogP contribution is -2.04. The van der Waals surface area contributed by atoms with Crippen molar-refractivity contribution in [3.63, 3.8) is 0 Å². The maximum absolute atomic E-state index is 14.5. The predicted molar refractivity (Wildman–Crippen MR) is 107 cm³/mol. The van der Waals surface area contributed by atoms with Crippen molar-refractivity contribution in [2.75, 3.05) is 5.73 Å². The molecule has 1 aromatic heterocycles. The monoisotopic (exact) mass is 449 g/mol. The largest absolute Gasteiger partial charge is 0.383 e. The molecule has 0 spiro atoms. The summed E-state index contributed by atoms with van der Waals surface area (Å²) in [4.78, 5) is 4.34. The van der Waals surface area contributed by atoms with Gasteiger partial charge in [-0.1, -0.05) is 39.1 Å². The number of aromatic nitrogens is 1. The van der Waals surface area contributed by atoms with Crippen LogP contribution in [0.3, 0.4) is 0 Å². The highest BCUT2D eigenvalue weighted by Crippen LogP contribution is 2.40. The van der Waals surface area contributed by atoms with Gasteiger partial charge < -0.3 is 5.73 Å². The number of nitriles is 1. The fourth-order valence-corrected chi connectivity index (χ4v) is 3.64. The van der Waals surface area contributed by atoms with Crippen molar-refractivity contribution >= 4 is 44.9 Å². The summed E-state index contributed by atoms with van der Waals surface area (Å²) in [6.45, 7) is 1.75. The third kappa shape index (κ3) is 3.28. The van der Waals surface area contributed by atoms with Crippen LogP contribution < -0.4 is 5.73 Å². The molecule has 0 radical (unpaired) electrons. The first-order valence-electron chi connectivity index (χ1n) is 7.44. The minimum absolute atomic E-state index is 0.00786. The highest BCUT2D eigenvalue weighted by molar-refractivity contribution is 9.10. The second-order valence-electron chi connectivity index (χ2n) is 5.58. The second kappa shape index (κ2) is 7.24. The molecule has 0 saturated carbocycles. The number of rotatable bonds is 2. The van der Waals surface area contributed by atoms with E-state index in [-0.39, 0.29) is 16.9 Å². The van der Waals surface area contributed by atoms with Crippen LogP contribution in [0.25, 0.3) is 22.4 Å². The Morgan fingerprint density at radius 3 is 2.54 bits per heavy atom. The number of benzene rings is 2. The molecule has 0 amide bonds. The minimum Gasteiger partial charge on any atom is -0.383 e. The summed E-state index contributed by atoms with van der Waals surface area (Å²) in [7, 11) is 0. The second-order valence-corrected chi connectivity index (χ2v) is 7.34. The average Bonchev–Trinajstić information content (AvgIpc) is 2.59. The van der Waals surface area contributed by atoms with Crippen LogP contribution >= 0.6 is 39.1 Å². The predicted octanol–water partition coefficient (Wildman–Crippen LogP) is 6.39. The standard InChI is InChI=1S/C19H11BrCl2FN3/c1-9-17(13-6-10(20)2-5-16(13)23)14(8-24)19(25)26-18(9)12-4-3-11(21)7-15(12)22/h2-7H,1H3,(H2,25,26). The molecule has 26 heavy (non-hydrogen) atoms. The Bertz CT molecular complexity index is 1080. The molecule has 2 aromatic carbocycles. The van der Waals surface area contributed by atoms with Gasteiger partial charge in [0.05, 0.1) is 10.7 Å². The minimum atomic E-state index is -0.466. The van der Waals surface area contributed by atoms with Gasteiger partial charge in [0.15, 0.2) is 0 Å². The summed E-state index contributed by atoms with van der Waals surface area (Å²) in [5.41, 5.74) is 8.44. The molecule has 2 N–H and O–H groups in total. The lowest BCUT2D eigenvalue weighted by atomic mass is 9.92. The Labute approximate surface area is 168 Å². The van der Waals surface area contributed by atoms with Crippen LogP contribution in [0.4, 0.5) is 10.2 Å². The number of nitrogens with two attached hydrogens (primary N) is 1. The number of halogens is 4. The van der Waals surface area contributed by atoms with Gasteiger partial charge in [0.1, 0.15) is 23.3 Å². The van der Waals surface area contributed by atoms with Crippen molar-refractivity contribution in [2.45, 2.75) is 6.92 Å². The molecule has 3 aromatic rings. The maximum atomic E-state index is 14.5. The highest BCUT2D eigenvalue weighted by atomic mass is 79.9. The van der Waals surface area contributed by atoms with Crippen LogP contribution in [0.1, 0.15) is 11.1 Å². The molecule has 0 aliphatic rings. The smallest absolute Gasteiger partial charge is 0.142 e.